The van der Waals surface area contributed by atoms with Crippen LogP contribution in [-0.4, -0.2) is 41.2 Å². The van der Waals surface area contributed by atoms with E-state index in [1.807, 2.05) is 0 Å². The van der Waals surface area contributed by atoms with Crippen LogP contribution in [0.1, 0.15) is 11.3 Å². The van der Waals surface area contributed by atoms with Crippen LogP contribution in [0.2, 0.25) is 0 Å². The van der Waals surface area contributed by atoms with Crippen molar-refractivity contribution in [1.82, 2.24) is 29.5 Å². The number of alkyl halides is 3. The summed E-state index contributed by atoms with van der Waals surface area (Å²) in [4.78, 5) is 16.3. The first-order valence-electron chi connectivity index (χ1n) is 8.79. The number of halogens is 3. The van der Waals surface area contributed by atoms with Crippen LogP contribution < -0.4 is 5.32 Å². The quantitative estimate of drug-likeness (QED) is 0.432. The van der Waals surface area contributed by atoms with E-state index in [2.05, 4.69) is 25.6 Å². The molecule has 0 fully saturated rings. The monoisotopic (exact) mass is 449 g/mol. The van der Waals surface area contributed by atoms with Gasteiger partial charge in [-0.15, -0.1) is 10.2 Å². The van der Waals surface area contributed by atoms with Crippen LogP contribution in [0.5, 0.6) is 0 Å². The maximum Gasteiger partial charge on any atom is 0.416 e. The number of furan rings is 1. The zero-order valence-electron chi connectivity index (χ0n) is 15.7. The Bertz CT molecular complexity index is 1160. The molecule has 0 unspecified atom stereocenters. The normalized spacial score (nSPS) is 11.6. The molecule has 0 aliphatic heterocycles. The van der Waals surface area contributed by atoms with Gasteiger partial charge in [-0.05, 0) is 30.3 Å². The molecular weight excluding hydrogens is 435 g/mol. The molecule has 4 aromatic rings. The van der Waals surface area contributed by atoms with Crippen LogP contribution in [0.3, 0.4) is 0 Å². The van der Waals surface area contributed by atoms with Gasteiger partial charge in [0.1, 0.15) is 24.7 Å². The van der Waals surface area contributed by atoms with Gasteiger partial charge < -0.3 is 14.3 Å². The minimum Gasteiger partial charge on any atom is -0.467 e. The fourth-order valence-corrected chi connectivity index (χ4v) is 3.41. The van der Waals surface area contributed by atoms with E-state index in [1.54, 1.807) is 23.0 Å². The van der Waals surface area contributed by atoms with Crippen LogP contribution in [0.4, 0.5) is 18.9 Å². The van der Waals surface area contributed by atoms with Crippen LogP contribution >= 0.6 is 11.8 Å². The molecule has 1 N–H and O–H groups in total. The first-order valence-corrected chi connectivity index (χ1v) is 9.78. The number of benzene rings is 1. The highest BCUT2D eigenvalue weighted by molar-refractivity contribution is 7.99. The minimum atomic E-state index is -4.56. The van der Waals surface area contributed by atoms with Crippen LogP contribution in [-0.2, 0) is 17.5 Å². The number of anilines is 1. The number of amides is 1. The second kappa shape index (κ2) is 8.63. The average Bonchev–Trinajstić information content (AvgIpc) is 3.49. The predicted molar refractivity (Wildman–Crippen MR) is 104 cm³/mol. The maximum atomic E-state index is 13.1. The molecule has 1 aromatic carbocycles. The van der Waals surface area contributed by atoms with Gasteiger partial charge in [-0.3, -0.25) is 4.79 Å². The van der Waals surface area contributed by atoms with E-state index in [1.165, 1.54) is 29.7 Å². The number of hydrogen-bond donors (Lipinski definition) is 1. The van der Waals surface area contributed by atoms with Gasteiger partial charge in [0.05, 0.1) is 35.5 Å². The number of carbonyl (C=O) groups is 1. The summed E-state index contributed by atoms with van der Waals surface area (Å²) in [6.45, 7) is 0.383. The lowest BCUT2D eigenvalue weighted by Crippen LogP contribution is -2.17. The second-order valence-corrected chi connectivity index (χ2v) is 7.17. The van der Waals surface area contributed by atoms with Crippen molar-refractivity contribution in [3.63, 3.8) is 0 Å². The third-order valence-corrected chi connectivity index (χ3v) is 5.06. The Morgan fingerprint density at radius 3 is 2.81 bits per heavy atom. The Morgan fingerprint density at radius 2 is 2.10 bits per heavy atom. The summed E-state index contributed by atoms with van der Waals surface area (Å²) in [5.41, 5.74) is -0.676. The van der Waals surface area contributed by atoms with E-state index in [0.717, 1.165) is 23.9 Å². The maximum absolute atomic E-state index is 13.1. The molecule has 31 heavy (non-hydrogen) atoms. The summed E-state index contributed by atoms with van der Waals surface area (Å²) >= 11 is 1.09. The molecule has 4 rings (SSSR count). The molecule has 13 heteroatoms. The summed E-state index contributed by atoms with van der Waals surface area (Å²) < 4.78 is 47.7. The Morgan fingerprint density at radius 1 is 1.23 bits per heavy atom. The molecule has 160 valence electrons. The molecule has 0 saturated heterocycles. The standard InChI is InChI=1S/C18H14F3N7O2S/c19-18(20,21)12-3-4-15(28-10-22-9-24-28)14(6-12)25-16(29)8-31-17-26-23-11-27(17)7-13-2-1-5-30-13/h1-6,9-11H,7-8H2,(H,25,29). The Labute approximate surface area is 177 Å². The summed E-state index contributed by atoms with van der Waals surface area (Å²) in [5.74, 6) is 0.0787. The third-order valence-electron chi connectivity index (χ3n) is 4.08. The minimum absolute atomic E-state index is 0.0389. The first-order chi connectivity index (χ1) is 14.9. The van der Waals surface area contributed by atoms with E-state index in [-0.39, 0.29) is 17.1 Å². The van der Waals surface area contributed by atoms with Crippen molar-refractivity contribution in [2.75, 3.05) is 11.1 Å². The van der Waals surface area contributed by atoms with Crippen molar-refractivity contribution in [3.05, 3.63) is 66.9 Å². The smallest absolute Gasteiger partial charge is 0.416 e. The van der Waals surface area contributed by atoms with Crippen molar-refractivity contribution in [3.8, 4) is 5.69 Å². The largest absolute Gasteiger partial charge is 0.467 e. The number of aromatic nitrogens is 6. The van der Waals surface area contributed by atoms with Crippen molar-refractivity contribution < 1.29 is 22.4 Å². The lowest BCUT2D eigenvalue weighted by atomic mass is 10.1. The summed E-state index contributed by atoms with van der Waals surface area (Å²) in [6.07, 6.45) is 1.05. The molecule has 0 aliphatic carbocycles. The molecule has 9 nitrogen and oxygen atoms in total. The highest BCUT2D eigenvalue weighted by atomic mass is 32.2. The number of rotatable bonds is 7. The van der Waals surface area contributed by atoms with Gasteiger partial charge in [0, 0.05) is 0 Å². The van der Waals surface area contributed by atoms with E-state index < -0.39 is 17.6 Å². The Balaban J connectivity index is 1.48. The summed E-state index contributed by atoms with van der Waals surface area (Å²) in [7, 11) is 0. The Kier molecular flexibility index (Phi) is 5.75. The fraction of sp³-hybridized carbons (Fsp3) is 0.167. The molecule has 0 bridgehead atoms. The number of hydrogen-bond acceptors (Lipinski definition) is 7. The molecule has 3 heterocycles. The van der Waals surface area contributed by atoms with E-state index in [9.17, 15) is 18.0 Å². The van der Waals surface area contributed by atoms with Gasteiger partial charge in [-0.2, -0.15) is 18.3 Å². The molecular formula is C18H14F3N7O2S. The first kappa shape index (κ1) is 20.7. The summed E-state index contributed by atoms with van der Waals surface area (Å²) in [6, 6.07) is 6.54. The van der Waals surface area contributed by atoms with Gasteiger partial charge in [0.25, 0.3) is 0 Å². The molecule has 3 aromatic heterocycles. The van der Waals surface area contributed by atoms with Crippen molar-refractivity contribution in [1.29, 1.82) is 0 Å². The molecule has 1 amide bonds. The van der Waals surface area contributed by atoms with Gasteiger partial charge in [0.2, 0.25) is 5.91 Å². The molecule has 0 saturated carbocycles. The SMILES string of the molecule is O=C(CSc1nncn1Cc1ccco1)Nc1cc(C(F)(F)F)ccc1-n1cncn1. The van der Waals surface area contributed by atoms with Crippen LogP contribution in [0.25, 0.3) is 5.69 Å². The topological polar surface area (TPSA) is 104 Å². The van der Waals surface area contributed by atoms with E-state index in [0.29, 0.717) is 17.5 Å². The summed E-state index contributed by atoms with van der Waals surface area (Å²) in [5, 5.41) is 14.7. The second-order valence-electron chi connectivity index (χ2n) is 6.23. The van der Waals surface area contributed by atoms with Crippen LogP contribution in [0.15, 0.2) is 65.2 Å². The number of thioether (sulfide) groups is 1. The van der Waals surface area contributed by atoms with Gasteiger partial charge in [0.15, 0.2) is 5.16 Å². The highest BCUT2D eigenvalue weighted by Crippen LogP contribution is 2.33. The number of nitrogens with zero attached hydrogens (tertiary/aromatic N) is 6. The predicted octanol–water partition coefficient (Wildman–Crippen LogP) is 3.25. The van der Waals surface area contributed by atoms with Gasteiger partial charge in [-0.25, -0.2) is 9.67 Å². The molecule has 0 atom stereocenters. The van der Waals surface area contributed by atoms with Crippen molar-refractivity contribution in [2.45, 2.75) is 17.9 Å². The van der Waals surface area contributed by atoms with Crippen molar-refractivity contribution in [2.24, 2.45) is 0 Å². The van der Waals surface area contributed by atoms with E-state index in [4.69, 9.17) is 4.42 Å². The average molecular weight is 449 g/mol. The zero-order chi connectivity index (χ0) is 21.8. The number of nitrogens with one attached hydrogen (secondary N) is 1. The van der Waals surface area contributed by atoms with Crippen molar-refractivity contribution >= 4 is 23.4 Å². The lowest BCUT2D eigenvalue weighted by Gasteiger charge is -2.14. The number of carbonyl (C=O) groups excluding carboxylic acids is 1. The fourth-order valence-electron chi connectivity index (χ4n) is 2.70. The molecule has 0 aliphatic rings. The Hall–Kier alpha value is -3.61. The molecule has 0 radical (unpaired) electrons. The highest BCUT2D eigenvalue weighted by Gasteiger charge is 2.31. The lowest BCUT2D eigenvalue weighted by molar-refractivity contribution is -0.137. The van der Waals surface area contributed by atoms with E-state index >= 15 is 0 Å². The van der Waals surface area contributed by atoms with Gasteiger partial charge >= 0.3 is 6.18 Å². The molecule has 0 spiro atoms. The van der Waals surface area contributed by atoms with Crippen LogP contribution in [0, 0.1) is 0 Å². The zero-order valence-corrected chi connectivity index (χ0v) is 16.5. The van der Waals surface area contributed by atoms with Gasteiger partial charge in [-0.1, -0.05) is 11.8 Å². The third kappa shape index (κ3) is 4.94.